The minimum absolute atomic E-state index is 0.266. The summed E-state index contributed by atoms with van der Waals surface area (Å²) in [6, 6.07) is 13.0. The first-order chi connectivity index (χ1) is 10.7. The van der Waals surface area contributed by atoms with Gasteiger partial charge in [0.2, 0.25) is 0 Å². The fraction of sp³-hybridized carbons (Fsp3) is 0.118. The van der Waals surface area contributed by atoms with E-state index in [1.54, 1.807) is 7.11 Å². The number of fused-ring (bicyclic) bond motifs is 1. The molecule has 3 rings (SSSR count). The highest BCUT2D eigenvalue weighted by atomic mass is 16.5. The fourth-order valence-corrected chi connectivity index (χ4v) is 2.17. The number of rotatable bonds is 3. The number of nitrogens with one attached hydrogen (secondary N) is 1. The van der Waals surface area contributed by atoms with Crippen LogP contribution in [0, 0.1) is 6.92 Å². The minimum Gasteiger partial charge on any atom is -0.495 e. The monoisotopic (exact) mass is 293 g/mol. The van der Waals surface area contributed by atoms with E-state index in [0.29, 0.717) is 17.0 Å². The molecular weight excluding hydrogens is 278 g/mol. The topological polar surface area (TPSA) is 64.1 Å². The molecule has 1 amide bonds. The minimum atomic E-state index is -0.317. The van der Waals surface area contributed by atoms with Gasteiger partial charge < -0.3 is 10.1 Å². The lowest BCUT2D eigenvalue weighted by atomic mass is 10.2. The molecule has 0 unspecified atom stereocenters. The molecule has 110 valence electrons. The summed E-state index contributed by atoms with van der Waals surface area (Å²) in [6.45, 7) is 1.95. The molecule has 1 heterocycles. The van der Waals surface area contributed by atoms with Gasteiger partial charge in [-0.15, -0.1) is 0 Å². The molecule has 0 fully saturated rings. The Morgan fingerprint density at radius 2 is 1.91 bits per heavy atom. The van der Waals surface area contributed by atoms with Gasteiger partial charge in [0.25, 0.3) is 5.91 Å². The number of amides is 1. The Kier molecular flexibility index (Phi) is 3.70. The van der Waals surface area contributed by atoms with E-state index >= 15 is 0 Å². The second kappa shape index (κ2) is 5.81. The van der Waals surface area contributed by atoms with E-state index in [2.05, 4.69) is 15.3 Å². The fourth-order valence-electron chi connectivity index (χ4n) is 2.17. The number of hydrogen-bond donors (Lipinski definition) is 1. The Morgan fingerprint density at radius 3 is 2.68 bits per heavy atom. The van der Waals surface area contributed by atoms with Crippen LogP contribution in [0.5, 0.6) is 5.75 Å². The predicted molar refractivity (Wildman–Crippen MR) is 85.2 cm³/mol. The maximum atomic E-state index is 12.4. The summed E-state index contributed by atoms with van der Waals surface area (Å²) in [5, 5.41) is 2.82. The Balaban J connectivity index is 1.91. The number of methoxy groups -OCH3 is 1. The average molecular weight is 293 g/mol. The van der Waals surface area contributed by atoms with Gasteiger partial charge in [-0.1, -0.05) is 18.2 Å². The van der Waals surface area contributed by atoms with Gasteiger partial charge in [-0.3, -0.25) is 9.78 Å². The molecule has 1 aromatic heterocycles. The number of ether oxygens (including phenoxy) is 1. The van der Waals surface area contributed by atoms with Gasteiger partial charge in [-0.2, -0.15) is 0 Å². The van der Waals surface area contributed by atoms with Crippen molar-refractivity contribution < 1.29 is 9.53 Å². The van der Waals surface area contributed by atoms with Gasteiger partial charge in [0.1, 0.15) is 11.4 Å². The van der Waals surface area contributed by atoms with Crippen molar-refractivity contribution in [2.75, 3.05) is 12.4 Å². The van der Waals surface area contributed by atoms with Crippen LogP contribution in [0.2, 0.25) is 0 Å². The Labute approximate surface area is 128 Å². The molecule has 0 aliphatic carbocycles. The molecule has 0 atom stereocenters. The Bertz CT molecular complexity index is 846. The van der Waals surface area contributed by atoms with Crippen molar-refractivity contribution >= 4 is 22.6 Å². The molecule has 0 aliphatic rings. The Morgan fingerprint density at radius 1 is 1.14 bits per heavy atom. The van der Waals surface area contributed by atoms with Crippen molar-refractivity contribution in [3.8, 4) is 5.75 Å². The standard InChI is InChI=1S/C17H15N3O2/c1-11-7-8-16(22-2)14(9-11)20-17(21)15-10-18-12-5-3-4-6-13(12)19-15/h3-10H,1-2H3,(H,20,21). The molecule has 0 radical (unpaired) electrons. The summed E-state index contributed by atoms with van der Waals surface area (Å²) in [5.74, 6) is 0.287. The normalized spacial score (nSPS) is 10.5. The van der Waals surface area contributed by atoms with E-state index in [1.165, 1.54) is 6.20 Å². The van der Waals surface area contributed by atoms with Gasteiger partial charge in [-0.05, 0) is 36.8 Å². The molecule has 0 saturated heterocycles. The second-order valence-electron chi connectivity index (χ2n) is 4.90. The summed E-state index contributed by atoms with van der Waals surface area (Å²) in [6.07, 6.45) is 1.47. The lowest BCUT2D eigenvalue weighted by Gasteiger charge is -2.10. The molecule has 0 aliphatic heterocycles. The SMILES string of the molecule is COc1ccc(C)cc1NC(=O)c1cnc2ccccc2n1. The van der Waals surface area contributed by atoms with Gasteiger partial charge in [-0.25, -0.2) is 4.98 Å². The number of carbonyl (C=O) groups excluding carboxylic acids is 1. The van der Waals surface area contributed by atoms with Crippen molar-refractivity contribution in [3.05, 3.63) is 59.9 Å². The van der Waals surface area contributed by atoms with Gasteiger partial charge >= 0.3 is 0 Å². The maximum absolute atomic E-state index is 12.4. The summed E-state index contributed by atoms with van der Waals surface area (Å²) >= 11 is 0. The van der Waals surface area contributed by atoms with E-state index in [-0.39, 0.29) is 11.6 Å². The number of nitrogens with zero attached hydrogens (tertiary/aromatic N) is 2. The molecular formula is C17H15N3O2. The van der Waals surface area contributed by atoms with Crippen LogP contribution in [0.3, 0.4) is 0 Å². The number of aromatic nitrogens is 2. The van der Waals surface area contributed by atoms with Crippen molar-refractivity contribution in [1.82, 2.24) is 9.97 Å². The number of hydrogen-bond acceptors (Lipinski definition) is 4. The van der Waals surface area contributed by atoms with Crippen molar-refractivity contribution in [3.63, 3.8) is 0 Å². The number of para-hydroxylation sites is 2. The first-order valence-electron chi connectivity index (χ1n) is 6.85. The van der Waals surface area contributed by atoms with Crippen LogP contribution in [0.1, 0.15) is 16.1 Å². The van der Waals surface area contributed by atoms with Crippen LogP contribution in [-0.2, 0) is 0 Å². The van der Waals surface area contributed by atoms with Crippen LogP contribution in [0.25, 0.3) is 11.0 Å². The van der Waals surface area contributed by atoms with Crippen LogP contribution >= 0.6 is 0 Å². The lowest BCUT2D eigenvalue weighted by Crippen LogP contribution is -2.15. The number of carbonyl (C=O) groups is 1. The molecule has 0 saturated carbocycles. The third kappa shape index (κ3) is 2.74. The zero-order valence-corrected chi connectivity index (χ0v) is 12.3. The molecule has 5 heteroatoms. The number of aryl methyl sites for hydroxylation is 1. The molecule has 0 spiro atoms. The van der Waals surface area contributed by atoms with E-state index in [0.717, 1.165) is 11.1 Å². The summed E-state index contributed by atoms with van der Waals surface area (Å²) in [5.41, 5.74) is 3.35. The molecule has 0 bridgehead atoms. The van der Waals surface area contributed by atoms with E-state index in [9.17, 15) is 4.79 Å². The van der Waals surface area contributed by atoms with Gasteiger partial charge in [0, 0.05) is 0 Å². The average Bonchev–Trinajstić information content (AvgIpc) is 2.54. The maximum Gasteiger partial charge on any atom is 0.275 e. The first kappa shape index (κ1) is 14.0. The van der Waals surface area contributed by atoms with Crippen LogP contribution in [-0.4, -0.2) is 23.0 Å². The van der Waals surface area contributed by atoms with Crippen LogP contribution in [0.15, 0.2) is 48.7 Å². The third-order valence-electron chi connectivity index (χ3n) is 3.28. The van der Waals surface area contributed by atoms with E-state index in [1.807, 2.05) is 49.4 Å². The zero-order valence-electron chi connectivity index (χ0n) is 12.3. The van der Waals surface area contributed by atoms with E-state index in [4.69, 9.17) is 4.74 Å². The molecule has 3 aromatic rings. The molecule has 22 heavy (non-hydrogen) atoms. The second-order valence-corrected chi connectivity index (χ2v) is 4.90. The Hall–Kier alpha value is -2.95. The first-order valence-corrected chi connectivity index (χ1v) is 6.85. The van der Waals surface area contributed by atoms with Crippen molar-refractivity contribution in [1.29, 1.82) is 0 Å². The predicted octanol–water partition coefficient (Wildman–Crippen LogP) is 3.20. The van der Waals surface area contributed by atoms with Crippen LogP contribution < -0.4 is 10.1 Å². The smallest absolute Gasteiger partial charge is 0.275 e. The highest BCUT2D eigenvalue weighted by Gasteiger charge is 2.12. The molecule has 5 nitrogen and oxygen atoms in total. The highest BCUT2D eigenvalue weighted by Crippen LogP contribution is 2.25. The summed E-state index contributed by atoms with van der Waals surface area (Å²) in [7, 11) is 1.57. The molecule has 2 aromatic carbocycles. The quantitative estimate of drug-likeness (QED) is 0.805. The third-order valence-corrected chi connectivity index (χ3v) is 3.28. The van der Waals surface area contributed by atoms with Crippen molar-refractivity contribution in [2.45, 2.75) is 6.92 Å². The zero-order chi connectivity index (χ0) is 15.5. The summed E-state index contributed by atoms with van der Waals surface area (Å²) < 4.78 is 5.26. The lowest BCUT2D eigenvalue weighted by molar-refractivity contribution is 0.102. The van der Waals surface area contributed by atoms with Gasteiger partial charge in [0.15, 0.2) is 0 Å². The molecule has 1 N–H and O–H groups in total. The van der Waals surface area contributed by atoms with Crippen molar-refractivity contribution in [2.24, 2.45) is 0 Å². The number of anilines is 1. The van der Waals surface area contributed by atoms with Gasteiger partial charge in [0.05, 0.1) is 30.0 Å². The highest BCUT2D eigenvalue weighted by molar-refractivity contribution is 6.04. The largest absolute Gasteiger partial charge is 0.495 e. The van der Waals surface area contributed by atoms with E-state index < -0.39 is 0 Å². The number of benzene rings is 2. The van der Waals surface area contributed by atoms with Crippen LogP contribution in [0.4, 0.5) is 5.69 Å². The summed E-state index contributed by atoms with van der Waals surface area (Å²) in [4.78, 5) is 21.0.